The first-order chi connectivity index (χ1) is 13.7. The van der Waals surface area contributed by atoms with Gasteiger partial charge in [-0.15, -0.1) is 0 Å². The van der Waals surface area contributed by atoms with Gasteiger partial charge in [-0.3, -0.25) is 19.3 Å². The molecule has 1 heterocycles. The van der Waals surface area contributed by atoms with E-state index in [4.69, 9.17) is 12.2 Å². The van der Waals surface area contributed by atoms with Crippen molar-refractivity contribution in [1.29, 1.82) is 0 Å². The standard InChI is InChI=1S/C17H22N6O4S2/c1-10(16(25)18-9-15-20-21-17(28)23(15)13-5-6-13)22-29(26,27)14-7-3-12(4-8-14)19-11(2)24/h3-4,7-8,10,13,22H,5-6,9H2,1-2H3,(H,18,25)(H,19,24)(H,21,28)/t10-/m0/s1. The van der Waals surface area contributed by atoms with E-state index < -0.39 is 22.0 Å². The van der Waals surface area contributed by atoms with Crippen molar-refractivity contribution in [1.82, 2.24) is 24.8 Å². The molecule has 156 valence electrons. The van der Waals surface area contributed by atoms with Gasteiger partial charge in [0.1, 0.15) is 0 Å². The second kappa shape index (κ2) is 8.43. The molecule has 1 saturated carbocycles. The lowest BCUT2D eigenvalue weighted by molar-refractivity contribution is -0.122. The molecule has 0 spiro atoms. The van der Waals surface area contributed by atoms with Crippen LogP contribution in [-0.2, 0) is 26.2 Å². The smallest absolute Gasteiger partial charge is 0.241 e. The van der Waals surface area contributed by atoms with Crippen molar-refractivity contribution in [3.05, 3.63) is 34.9 Å². The fraction of sp³-hybridized carbons (Fsp3) is 0.412. The number of hydrogen-bond acceptors (Lipinski definition) is 6. The van der Waals surface area contributed by atoms with Crippen LogP contribution >= 0.6 is 12.2 Å². The largest absolute Gasteiger partial charge is 0.347 e. The first-order valence-corrected chi connectivity index (χ1v) is 10.9. The summed E-state index contributed by atoms with van der Waals surface area (Å²) in [6.45, 7) is 2.95. The Hall–Kier alpha value is -2.57. The third kappa shape index (κ3) is 5.28. The molecule has 1 atom stereocenters. The number of nitrogens with zero attached hydrogens (tertiary/aromatic N) is 2. The second-order valence-corrected chi connectivity index (χ2v) is 8.91. The average molecular weight is 439 g/mol. The topological polar surface area (TPSA) is 138 Å². The van der Waals surface area contributed by atoms with Crippen LogP contribution in [-0.4, -0.2) is 41.0 Å². The summed E-state index contributed by atoms with van der Waals surface area (Å²) in [5.74, 6) is -0.138. The Morgan fingerprint density at radius 3 is 2.55 bits per heavy atom. The van der Waals surface area contributed by atoms with Gasteiger partial charge >= 0.3 is 0 Å². The Kier molecular flexibility index (Phi) is 6.15. The van der Waals surface area contributed by atoms with E-state index in [2.05, 4.69) is 25.6 Å². The molecule has 2 aromatic rings. The van der Waals surface area contributed by atoms with Crippen LogP contribution in [0.4, 0.5) is 5.69 Å². The summed E-state index contributed by atoms with van der Waals surface area (Å²) >= 11 is 5.20. The molecule has 4 N–H and O–H groups in total. The Morgan fingerprint density at radius 2 is 1.97 bits per heavy atom. The first kappa shape index (κ1) is 21.1. The molecule has 1 aromatic heterocycles. The van der Waals surface area contributed by atoms with Gasteiger partial charge in [-0.05, 0) is 56.2 Å². The predicted octanol–water partition coefficient (Wildman–Crippen LogP) is 1.22. The first-order valence-electron chi connectivity index (χ1n) is 9.01. The molecule has 1 aliphatic carbocycles. The van der Waals surface area contributed by atoms with Crippen LogP contribution in [0.3, 0.4) is 0 Å². The Balaban J connectivity index is 1.59. The van der Waals surface area contributed by atoms with Crippen molar-refractivity contribution in [2.45, 2.75) is 50.2 Å². The number of rotatable bonds is 8. The highest BCUT2D eigenvalue weighted by Gasteiger charge is 2.28. The van der Waals surface area contributed by atoms with Crippen LogP contribution in [0.5, 0.6) is 0 Å². The van der Waals surface area contributed by atoms with E-state index >= 15 is 0 Å². The fourth-order valence-electron chi connectivity index (χ4n) is 2.77. The molecule has 1 fully saturated rings. The number of carbonyl (C=O) groups is 2. The van der Waals surface area contributed by atoms with Crippen molar-refractivity contribution in [3.8, 4) is 0 Å². The zero-order valence-electron chi connectivity index (χ0n) is 15.9. The minimum absolute atomic E-state index is 0.0131. The normalized spacial score (nSPS) is 15.0. The number of sulfonamides is 1. The van der Waals surface area contributed by atoms with Crippen molar-refractivity contribution in [2.24, 2.45) is 0 Å². The third-order valence-corrected chi connectivity index (χ3v) is 6.17. The number of nitrogens with one attached hydrogen (secondary N) is 4. The van der Waals surface area contributed by atoms with Gasteiger partial charge < -0.3 is 10.6 Å². The van der Waals surface area contributed by atoms with E-state index in [1.807, 2.05) is 4.57 Å². The van der Waals surface area contributed by atoms with Crippen LogP contribution in [0.25, 0.3) is 0 Å². The van der Waals surface area contributed by atoms with Gasteiger partial charge in [0, 0.05) is 18.7 Å². The number of amides is 2. The summed E-state index contributed by atoms with van der Waals surface area (Å²) in [6, 6.07) is 4.97. The highest BCUT2D eigenvalue weighted by atomic mass is 32.2. The van der Waals surface area contributed by atoms with Gasteiger partial charge in [0.05, 0.1) is 17.5 Å². The third-order valence-electron chi connectivity index (χ3n) is 4.32. The van der Waals surface area contributed by atoms with E-state index in [0.29, 0.717) is 22.3 Å². The van der Waals surface area contributed by atoms with Crippen molar-refractivity contribution in [3.63, 3.8) is 0 Å². The number of aromatic nitrogens is 3. The molecule has 1 aromatic carbocycles. The van der Waals surface area contributed by atoms with Crippen LogP contribution in [0.2, 0.25) is 0 Å². The lowest BCUT2D eigenvalue weighted by Crippen LogP contribution is -2.44. The second-order valence-electron chi connectivity index (χ2n) is 6.81. The minimum atomic E-state index is -3.91. The molecule has 3 rings (SSSR count). The Labute approximate surface area is 173 Å². The summed E-state index contributed by atoms with van der Waals surface area (Å²) in [4.78, 5) is 23.4. The summed E-state index contributed by atoms with van der Waals surface area (Å²) < 4.78 is 29.7. The van der Waals surface area contributed by atoms with Gasteiger partial charge in [-0.2, -0.15) is 9.82 Å². The minimum Gasteiger partial charge on any atom is -0.347 e. The van der Waals surface area contributed by atoms with Gasteiger partial charge in [0.15, 0.2) is 10.6 Å². The van der Waals surface area contributed by atoms with Gasteiger partial charge in [-0.25, -0.2) is 8.42 Å². The zero-order chi connectivity index (χ0) is 21.2. The molecule has 10 nitrogen and oxygen atoms in total. The highest BCUT2D eigenvalue weighted by molar-refractivity contribution is 7.89. The summed E-state index contributed by atoms with van der Waals surface area (Å²) in [5.41, 5.74) is 0.478. The molecule has 12 heteroatoms. The van der Waals surface area contributed by atoms with Crippen molar-refractivity contribution >= 4 is 39.7 Å². The van der Waals surface area contributed by atoms with Gasteiger partial charge in [-0.1, -0.05) is 0 Å². The number of aromatic amines is 1. The zero-order valence-corrected chi connectivity index (χ0v) is 17.6. The van der Waals surface area contributed by atoms with E-state index in [1.54, 1.807) is 0 Å². The molecule has 1 aliphatic rings. The molecule has 0 aliphatic heterocycles. The molecule has 29 heavy (non-hydrogen) atoms. The molecular formula is C17H22N6O4S2. The SMILES string of the molecule is CC(=O)Nc1ccc(S(=O)(=O)N[C@@H](C)C(=O)NCc2n[nH]c(=S)n2C2CC2)cc1. The lowest BCUT2D eigenvalue weighted by atomic mass is 10.3. The Bertz CT molecular complexity index is 1070. The van der Waals surface area contributed by atoms with Crippen molar-refractivity contribution in [2.75, 3.05) is 5.32 Å². The molecule has 2 amide bonds. The van der Waals surface area contributed by atoms with E-state index in [9.17, 15) is 18.0 Å². The van der Waals surface area contributed by atoms with Crippen LogP contribution in [0.1, 0.15) is 38.6 Å². The fourth-order valence-corrected chi connectivity index (χ4v) is 4.27. The number of carbonyl (C=O) groups excluding carboxylic acids is 2. The molecule has 0 unspecified atom stereocenters. The maximum atomic E-state index is 12.5. The maximum absolute atomic E-state index is 12.5. The lowest BCUT2D eigenvalue weighted by Gasteiger charge is -2.15. The molecule has 0 bridgehead atoms. The molecule has 0 radical (unpaired) electrons. The van der Waals surface area contributed by atoms with Crippen LogP contribution < -0.4 is 15.4 Å². The number of hydrogen-bond donors (Lipinski definition) is 4. The van der Waals surface area contributed by atoms with E-state index in [1.165, 1.54) is 38.1 Å². The van der Waals surface area contributed by atoms with Gasteiger partial charge in [0.25, 0.3) is 0 Å². The quantitative estimate of drug-likeness (QED) is 0.457. The van der Waals surface area contributed by atoms with E-state index in [-0.39, 0.29) is 17.3 Å². The number of anilines is 1. The number of benzene rings is 1. The van der Waals surface area contributed by atoms with Crippen LogP contribution in [0.15, 0.2) is 29.2 Å². The number of H-pyrrole nitrogens is 1. The predicted molar refractivity (Wildman–Crippen MR) is 108 cm³/mol. The summed E-state index contributed by atoms with van der Waals surface area (Å²) in [5, 5.41) is 12.1. The van der Waals surface area contributed by atoms with Crippen LogP contribution in [0, 0.1) is 4.77 Å². The molecular weight excluding hydrogens is 416 g/mol. The summed E-state index contributed by atoms with van der Waals surface area (Å²) in [6.07, 6.45) is 2.04. The Morgan fingerprint density at radius 1 is 1.31 bits per heavy atom. The average Bonchev–Trinajstić information content (AvgIpc) is 3.41. The summed E-state index contributed by atoms with van der Waals surface area (Å²) in [7, 11) is -3.91. The monoisotopic (exact) mass is 438 g/mol. The van der Waals surface area contributed by atoms with E-state index in [0.717, 1.165) is 12.8 Å². The molecule has 0 saturated heterocycles. The maximum Gasteiger partial charge on any atom is 0.241 e. The highest BCUT2D eigenvalue weighted by Crippen LogP contribution is 2.35. The van der Waals surface area contributed by atoms with Gasteiger partial charge in [0.2, 0.25) is 21.8 Å². The van der Waals surface area contributed by atoms with Crippen molar-refractivity contribution < 1.29 is 18.0 Å².